The molecule has 1 aromatic rings. The highest BCUT2D eigenvalue weighted by atomic mass is 32.2. The molecule has 25 heavy (non-hydrogen) atoms. The van der Waals surface area contributed by atoms with Gasteiger partial charge in [0.2, 0.25) is 0 Å². The van der Waals surface area contributed by atoms with Crippen LogP contribution in [0.2, 0.25) is 0 Å². The second-order valence-electron chi connectivity index (χ2n) is 7.11. The van der Waals surface area contributed by atoms with Gasteiger partial charge in [0.15, 0.2) is 5.96 Å². The highest BCUT2D eigenvalue weighted by molar-refractivity contribution is 7.90. The second-order valence-corrected chi connectivity index (χ2v) is 9.37. The Balaban J connectivity index is 2.66. The van der Waals surface area contributed by atoms with Crippen LogP contribution in [0.15, 0.2) is 29.3 Å². The highest BCUT2D eigenvalue weighted by Crippen LogP contribution is 2.21. The van der Waals surface area contributed by atoms with Crippen LogP contribution in [0.5, 0.6) is 5.75 Å². The van der Waals surface area contributed by atoms with E-state index >= 15 is 0 Å². The summed E-state index contributed by atoms with van der Waals surface area (Å²) in [5.41, 5.74) is 0.927. The maximum atomic E-state index is 11.4. The average molecular weight is 370 g/mol. The van der Waals surface area contributed by atoms with Gasteiger partial charge in [-0.2, -0.15) is 0 Å². The lowest BCUT2D eigenvalue weighted by Crippen LogP contribution is -2.43. The van der Waals surface area contributed by atoms with E-state index < -0.39 is 9.84 Å². The van der Waals surface area contributed by atoms with E-state index in [1.807, 2.05) is 36.2 Å². The van der Waals surface area contributed by atoms with Crippen LogP contribution in [-0.4, -0.2) is 59.0 Å². The molecule has 0 saturated carbocycles. The van der Waals surface area contributed by atoms with Gasteiger partial charge >= 0.3 is 0 Å². The summed E-state index contributed by atoms with van der Waals surface area (Å²) in [4.78, 5) is 6.34. The third kappa shape index (κ3) is 7.77. The topological polar surface area (TPSA) is 71.0 Å². The molecule has 142 valence electrons. The number of methoxy groups -OCH3 is 1. The lowest BCUT2D eigenvalue weighted by molar-refractivity contribution is 0.339. The van der Waals surface area contributed by atoms with Crippen molar-refractivity contribution in [2.45, 2.75) is 26.8 Å². The molecule has 0 radical (unpaired) electrons. The molecule has 0 amide bonds. The Morgan fingerprint density at radius 3 is 2.52 bits per heavy atom. The molecule has 1 aromatic carbocycles. The summed E-state index contributed by atoms with van der Waals surface area (Å²) in [6, 6.07) is 7.89. The first-order chi connectivity index (χ1) is 11.6. The Bertz CT molecular complexity index is 685. The summed E-state index contributed by atoms with van der Waals surface area (Å²) in [5.74, 6) is 1.80. The van der Waals surface area contributed by atoms with Gasteiger partial charge < -0.3 is 15.0 Å². The number of hydrogen-bond donors (Lipinski definition) is 1. The minimum absolute atomic E-state index is 0.149. The fourth-order valence-electron chi connectivity index (χ4n) is 2.42. The maximum absolute atomic E-state index is 11.4. The number of rotatable bonds is 8. The number of nitrogens with zero attached hydrogens (tertiary/aromatic N) is 2. The normalized spacial score (nSPS) is 12.8. The number of aliphatic imine (C=N–C) groups is 1. The molecule has 6 nitrogen and oxygen atoms in total. The van der Waals surface area contributed by atoms with Gasteiger partial charge in [-0.1, -0.05) is 32.0 Å². The lowest BCUT2D eigenvalue weighted by Gasteiger charge is -2.29. The van der Waals surface area contributed by atoms with Crippen molar-refractivity contribution in [3.05, 3.63) is 29.8 Å². The Morgan fingerprint density at radius 1 is 1.32 bits per heavy atom. The van der Waals surface area contributed by atoms with Crippen LogP contribution in [0.4, 0.5) is 0 Å². The molecular weight excluding hydrogens is 338 g/mol. The first-order valence-electron chi connectivity index (χ1n) is 8.29. The average Bonchev–Trinajstić information content (AvgIpc) is 2.53. The van der Waals surface area contributed by atoms with Crippen LogP contribution < -0.4 is 10.1 Å². The molecule has 0 fully saturated rings. The van der Waals surface area contributed by atoms with Crippen molar-refractivity contribution in [3.8, 4) is 5.75 Å². The minimum Gasteiger partial charge on any atom is -0.496 e. The second kappa shape index (κ2) is 9.08. The van der Waals surface area contributed by atoms with Crippen LogP contribution >= 0.6 is 0 Å². The number of benzene rings is 1. The van der Waals surface area contributed by atoms with E-state index in [1.54, 1.807) is 14.2 Å². The predicted molar refractivity (Wildman–Crippen MR) is 104 cm³/mol. The predicted octanol–water partition coefficient (Wildman–Crippen LogP) is 2.16. The number of sulfone groups is 1. The van der Waals surface area contributed by atoms with Gasteiger partial charge in [-0.3, -0.25) is 4.99 Å². The number of hydrogen-bond acceptors (Lipinski definition) is 4. The van der Waals surface area contributed by atoms with E-state index in [-0.39, 0.29) is 11.2 Å². The van der Waals surface area contributed by atoms with Gasteiger partial charge in [-0.05, 0) is 17.9 Å². The largest absolute Gasteiger partial charge is 0.496 e. The molecule has 0 atom stereocenters. The third-order valence-corrected chi connectivity index (χ3v) is 4.99. The lowest BCUT2D eigenvalue weighted by atomic mass is 9.90. The number of nitrogens with one attached hydrogen (secondary N) is 1. The van der Waals surface area contributed by atoms with Crippen LogP contribution in [0, 0.1) is 5.41 Å². The Labute approximate surface area is 152 Å². The van der Waals surface area contributed by atoms with Crippen LogP contribution in [0.25, 0.3) is 0 Å². The zero-order valence-corrected chi connectivity index (χ0v) is 17.0. The van der Waals surface area contributed by atoms with E-state index in [0.29, 0.717) is 19.5 Å². The van der Waals surface area contributed by atoms with E-state index in [0.717, 1.165) is 17.3 Å². The van der Waals surface area contributed by atoms with Crippen molar-refractivity contribution in [1.82, 2.24) is 10.2 Å². The monoisotopic (exact) mass is 369 g/mol. The first-order valence-corrected chi connectivity index (χ1v) is 10.4. The van der Waals surface area contributed by atoms with Crippen LogP contribution in [0.3, 0.4) is 0 Å². The van der Waals surface area contributed by atoms with E-state index in [2.05, 4.69) is 24.2 Å². The zero-order valence-electron chi connectivity index (χ0n) is 16.2. The summed E-state index contributed by atoms with van der Waals surface area (Å²) < 4.78 is 28.2. The fourth-order valence-corrected chi connectivity index (χ4v) is 3.34. The molecule has 7 heteroatoms. The quantitative estimate of drug-likeness (QED) is 0.562. The van der Waals surface area contributed by atoms with Crippen LogP contribution in [0.1, 0.15) is 25.8 Å². The molecule has 0 saturated heterocycles. The summed E-state index contributed by atoms with van der Waals surface area (Å²) in [6.45, 7) is 5.41. The molecule has 1 N–H and O–H groups in total. The van der Waals surface area contributed by atoms with Gasteiger partial charge in [0.25, 0.3) is 0 Å². The molecule has 0 aliphatic rings. The van der Waals surface area contributed by atoms with Crippen molar-refractivity contribution in [3.63, 3.8) is 0 Å². The van der Waals surface area contributed by atoms with Gasteiger partial charge in [-0.25, -0.2) is 8.42 Å². The SMILES string of the molecule is CN=C(NCC(C)(C)CCS(C)(=O)=O)N(C)Cc1ccccc1OC. The summed E-state index contributed by atoms with van der Waals surface area (Å²) >= 11 is 0. The van der Waals surface area contributed by atoms with Crippen molar-refractivity contribution >= 4 is 15.8 Å². The summed E-state index contributed by atoms with van der Waals surface area (Å²) in [6.07, 6.45) is 1.88. The fraction of sp³-hybridized carbons (Fsp3) is 0.611. The standard InChI is InChI=1S/C18H31N3O3S/c1-18(2,11-12-25(6,22)23)14-20-17(19-3)21(4)13-15-9-7-8-10-16(15)24-5/h7-10H,11-14H2,1-6H3,(H,19,20). The maximum Gasteiger partial charge on any atom is 0.193 e. The minimum atomic E-state index is -2.95. The molecule has 0 unspecified atom stereocenters. The van der Waals surface area contributed by atoms with Crippen molar-refractivity contribution in [1.29, 1.82) is 0 Å². The molecule has 0 aliphatic carbocycles. The Morgan fingerprint density at radius 2 is 1.96 bits per heavy atom. The zero-order chi connectivity index (χ0) is 19.1. The molecule has 0 spiro atoms. The highest BCUT2D eigenvalue weighted by Gasteiger charge is 2.21. The Kier molecular flexibility index (Phi) is 7.73. The van der Waals surface area contributed by atoms with Crippen molar-refractivity contribution < 1.29 is 13.2 Å². The van der Waals surface area contributed by atoms with Crippen molar-refractivity contribution in [2.24, 2.45) is 10.4 Å². The van der Waals surface area contributed by atoms with E-state index in [1.165, 1.54) is 6.26 Å². The first kappa shape index (κ1) is 21.3. The third-order valence-electron chi connectivity index (χ3n) is 4.05. The van der Waals surface area contributed by atoms with Gasteiger partial charge in [-0.15, -0.1) is 0 Å². The van der Waals surface area contributed by atoms with E-state index in [4.69, 9.17) is 4.74 Å². The molecule has 0 aliphatic heterocycles. The summed E-state index contributed by atoms with van der Waals surface area (Å²) in [7, 11) is 2.42. The van der Waals surface area contributed by atoms with Gasteiger partial charge in [0.05, 0.1) is 12.9 Å². The van der Waals surface area contributed by atoms with Gasteiger partial charge in [0.1, 0.15) is 15.6 Å². The number of guanidine groups is 1. The number of ether oxygens (including phenoxy) is 1. The molecule has 1 rings (SSSR count). The van der Waals surface area contributed by atoms with Gasteiger partial charge in [0, 0.05) is 39.0 Å². The van der Waals surface area contributed by atoms with Crippen LogP contribution in [-0.2, 0) is 16.4 Å². The smallest absolute Gasteiger partial charge is 0.193 e. The van der Waals surface area contributed by atoms with E-state index in [9.17, 15) is 8.42 Å². The number of para-hydroxylation sites is 1. The molecule has 0 aromatic heterocycles. The van der Waals surface area contributed by atoms with Crippen molar-refractivity contribution in [2.75, 3.05) is 39.8 Å². The molecule has 0 bridgehead atoms. The molecule has 0 heterocycles. The summed E-state index contributed by atoms with van der Waals surface area (Å²) in [5, 5.41) is 3.34. The molecular formula is C18H31N3O3S. The Hall–Kier alpha value is -1.76.